The molecule has 0 radical (unpaired) electrons. The summed E-state index contributed by atoms with van der Waals surface area (Å²) in [6.07, 6.45) is 1.46. The lowest BCUT2D eigenvalue weighted by atomic mass is 9.87. The highest BCUT2D eigenvalue weighted by Gasteiger charge is 2.57. The maximum absolute atomic E-state index is 13.7. The van der Waals surface area contributed by atoms with Crippen molar-refractivity contribution in [2.45, 2.75) is 22.7 Å². The van der Waals surface area contributed by atoms with E-state index in [-0.39, 0.29) is 17.1 Å². The molecule has 8 nitrogen and oxygen atoms in total. The zero-order valence-electron chi connectivity index (χ0n) is 19.3. The number of carbonyl (C=O) groups excluding carboxylic acids is 3. The zero-order chi connectivity index (χ0) is 26.6. The highest BCUT2D eigenvalue weighted by atomic mass is 35.5. The minimum Gasteiger partial charge on any atom is -0.469 e. The van der Waals surface area contributed by atoms with Gasteiger partial charge in [0.25, 0.3) is 0 Å². The van der Waals surface area contributed by atoms with E-state index in [0.29, 0.717) is 26.4 Å². The number of anilines is 2. The van der Waals surface area contributed by atoms with E-state index in [1.54, 1.807) is 36.4 Å². The second-order valence-electron chi connectivity index (χ2n) is 8.72. The van der Waals surface area contributed by atoms with Crippen LogP contribution in [0.1, 0.15) is 16.6 Å². The summed E-state index contributed by atoms with van der Waals surface area (Å²) in [5.41, 5.74) is 0.780. The number of nitrogens with zero attached hydrogens (tertiary/aromatic N) is 2. The SMILES string of the molecule is O=C(Cn1c2c(sc1=O)C(c1ccco1)C1C(=O)N(c3ccc(F)cc3)C(=O)C1S2)Nc1ccc(Cl)cc1. The van der Waals surface area contributed by atoms with Crippen LogP contribution in [0.4, 0.5) is 15.8 Å². The molecule has 0 spiro atoms. The van der Waals surface area contributed by atoms with Crippen molar-refractivity contribution in [2.24, 2.45) is 5.92 Å². The smallest absolute Gasteiger partial charge is 0.308 e. The van der Waals surface area contributed by atoms with Gasteiger partial charge >= 0.3 is 4.87 Å². The molecule has 3 amide bonds. The number of halogens is 2. The normalized spacial score (nSPS) is 20.4. The van der Waals surface area contributed by atoms with Crippen molar-refractivity contribution >= 4 is 63.8 Å². The van der Waals surface area contributed by atoms with Gasteiger partial charge in [-0.1, -0.05) is 34.7 Å². The molecule has 2 aliphatic heterocycles. The fourth-order valence-electron chi connectivity index (χ4n) is 4.75. The summed E-state index contributed by atoms with van der Waals surface area (Å²) >= 11 is 7.91. The maximum atomic E-state index is 13.7. The van der Waals surface area contributed by atoms with Crippen LogP contribution < -0.4 is 15.1 Å². The summed E-state index contributed by atoms with van der Waals surface area (Å²) in [4.78, 5) is 54.3. The van der Waals surface area contributed by atoms with Gasteiger partial charge in [0.1, 0.15) is 23.4 Å². The van der Waals surface area contributed by atoms with Gasteiger partial charge in [0.2, 0.25) is 17.7 Å². The van der Waals surface area contributed by atoms with Crippen LogP contribution in [0.2, 0.25) is 5.02 Å². The number of fused-ring (bicyclic) bond motifs is 2. The van der Waals surface area contributed by atoms with Crippen molar-refractivity contribution in [3.8, 4) is 0 Å². The fraction of sp³-hybridized carbons (Fsp3) is 0.154. The van der Waals surface area contributed by atoms with E-state index in [9.17, 15) is 23.6 Å². The number of rotatable bonds is 5. The summed E-state index contributed by atoms with van der Waals surface area (Å²) in [5, 5.41) is 2.83. The number of thiazole rings is 1. The quantitative estimate of drug-likeness (QED) is 0.349. The third-order valence-corrected chi connectivity index (χ3v) is 9.27. The zero-order valence-corrected chi connectivity index (χ0v) is 21.7. The van der Waals surface area contributed by atoms with Gasteiger partial charge in [-0.2, -0.15) is 0 Å². The molecule has 3 atom stereocenters. The first-order chi connectivity index (χ1) is 18.3. The van der Waals surface area contributed by atoms with Crippen LogP contribution in [0.3, 0.4) is 0 Å². The van der Waals surface area contributed by atoms with Crippen LogP contribution >= 0.6 is 34.7 Å². The molecule has 4 heterocycles. The molecule has 2 aromatic heterocycles. The van der Waals surface area contributed by atoms with Crippen LogP contribution in [0.25, 0.3) is 0 Å². The van der Waals surface area contributed by atoms with Crippen LogP contribution in [0.15, 0.2) is 81.2 Å². The van der Waals surface area contributed by atoms with Gasteiger partial charge in [0.15, 0.2) is 0 Å². The van der Waals surface area contributed by atoms with E-state index in [1.165, 1.54) is 35.1 Å². The van der Waals surface area contributed by atoms with E-state index in [0.717, 1.165) is 28.0 Å². The molecule has 38 heavy (non-hydrogen) atoms. The fourth-order valence-corrected chi connectivity index (χ4v) is 7.63. The Morgan fingerprint density at radius 1 is 1.03 bits per heavy atom. The summed E-state index contributed by atoms with van der Waals surface area (Å²) in [6.45, 7) is -0.285. The number of hydrogen-bond acceptors (Lipinski definition) is 7. The monoisotopic (exact) mass is 569 g/mol. The molecule has 0 saturated carbocycles. The number of carbonyl (C=O) groups is 3. The van der Waals surface area contributed by atoms with Crippen molar-refractivity contribution in [3.05, 3.63) is 98.1 Å². The highest BCUT2D eigenvalue weighted by Crippen LogP contribution is 2.53. The number of furan rings is 1. The lowest BCUT2D eigenvalue weighted by Gasteiger charge is -2.29. The molecule has 2 aromatic carbocycles. The van der Waals surface area contributed by atoms with E-state index >= 15 is 0 Å². The predicted molar refractivity (Wildman–Crippen MR) is 141 cm³/mol. The van der Waals surface area contributed by atoms with Crippen LogP contribution in [0.5, 0.6) is 0 Å². The molecule has 6 rings (SSSR count). The minimum absolute atomic E-state index is 0.262. The lowest BCUT2D eigenvalue weighted by molar-refractivity contribution is -0.122. The van der Waals surface area contributed by atoms with Gasteiger partial charge < -0.3 is 9.73 Å². The standard InChI is InChI=1S/C26H17ClFN3O5S2/c27-13-3-7-15(8-4-13)29-18(32)12-30-25-22(38-26(30)35)19(17-2-1-11-36-17)20-21(37-25)24(34)31(23(20)33)16-9-5-14(28)6-10-16/h1-11,19-21H,12H2,(H,29,32). The van der Waals surface area contributed by atoms with Crippen LogP contribution in [-0.4, -0.2) is 27.5 Å². The third-order valence-electron chi connectivity index (χ3n) is 6.41. The topological polar surface area (TPSA) is 102 Å². The molecule has 1 saturated heterocycles. The van der Waals surface area contributed by atoms with E-state index < -0.39 is 40.6 Å². The Morgan fingerprint density at radius 2 is 1.76 bits per heavy atom. The average Bonchev–Trinajstić information content (AvgIpc) is 3.59. The van der Waals surface area contributed by atoms with E-state index in [1.807, 2.05) is 0 Å². The Labute approximate surface area is 228 Å². The molecular formula is C26H17ClFN3O5S2. The Balaban J connectivity index is 1.38. The number of hydrogen-bond donors (Lipinski definition) is 1. The number of thioether (sulfide) groups is 1. The van der Waals surface area contributed by atoms with Gasteiger partial charge in [0, 0.05) is 10.7 Å². The first kappa shape index (κ1) is 24.7. The second kappa shape index (κ2) is 9.57. The number of aromatic nitrogens is 1. The van der Waals surface area contributed by atoms with Crippen molar-refractivity contribution < 1.29 is 23.2 Å². The summed E-state index contributed by atoms with van der Waals surface area (Å²) < 4.78 is 20.5. The minimum atomic E-state index is -0.866. The Kier molecular flexibility index (Phi) is 6.21. The summed E-state index contributed by atoms with van der Waals surface area (Å²) in [6, 6.07) is 15.0. The summed E-state index contributed by atoms with van der Waals surface area (Å²) in [7, 11) is 0. The molecule has 4 aromatic rings. The molecule has 1 fully saturated rings. The lowest BCUT2D eigenvalue weighted by Crippen LogP contribution is -2.32. The number of imide groups is 1. The molecular weight excluding hydrogens is 553 g/mol. The van der Waals surface area contributed by atoms with Crippen molar-refractivity contribution in [2.75, 3.05) is 10.2 Å². The Bertz CT molecular complexity index is 1620. The molecule has 12 heteroatoms. The van der Waals surface area contributed by atoms with Crippen molar-refractivity contribution in [1.29, 1.82) is 0 Å². The van der Waals surface area contributed by atoms with Gasteiger partial charge in [0.05, 0.1) is 33.7 Å². The summed E-state index contributed by atoms with van der Waals surface area (Å²) in [5.74, 6) is -2.97. The van der Waals surface area contributed by atoms with Gasteiger partial charge in [-0.05, 0) is 60.7 Å². The largest absolute Gasteiger partial charge is 0.469 e. The van der Waals surface area contributed by atoms with Crippen LogP contribution in [0, 0.1) is 11.7 Å². The van der Waals surface area contributed by atoms with Gasteiger partial charge in [-0.15, -0.1) is 0 Å². The molecule has 0 bridgehead atoms. The molecule has 3 unspecified atom stereocenters. The predicted octanol–water partition coefficient (Wildman–Crippen LogP) is 4.73. The number of benzene rings is 2. The van der Waals surface area contributed by atoms with E-state index in [2.05, 4.69) is 5.32 Å². The van der Waals surface area contributed by atoms with Gasteiger partial charge in [-0.25, -0.2) is 9.29 Å². The molecule has 2 aliphatic rings. The Morgan fingerprint density at radius 3 is 2.45 bits per heavy atom. The van der Waals surface area contributed by atoms with Crippen molar-refractivity contribution in [1.82, 2.24) is 4.57 Å². The van der Waals surface area contributed by atoms with E-state index in [4.69, 9.17) is 16.0 Å². The second-order valence-corrected chi connectivity index (χ2v) is 11.3. The number of nitrogens with one attached hydrogen (secondary N) is 1. The molecule has 192 valence electrons. The van der Waals surface area contributed by atoms with Crippen LogP contribution in [-0.2, 0) is 20.9 Å². The Hall–Kier alpha value is -3.67. The first-order valence-corrected chi connectivity index (χ1v) is 13.5. The number of amides is 3. The molecule has 1 N–H and O–H groups in total. The third kappa shape index (κ3) is 4.16. The first-order valence-electron chi connectivity index (χ1n) is 11.4. The maximum Gasteiger partial charge on any atom is 0.308 e. The highest BCUT2D eigenvalue weighted by molar-refractivity contribution is 8.00. The molecule has 0 aliphatic carbocycles. The average molecular weight is 570 g/mol. The van der Waals surface area contributed by atoms with Crippen molar-refractivity contribution in [3.63, 3.8) is 0 Å². The van der Waals surface area contributed by atoms with Gasteiger partial charge in [-0.3, -0.25) is 23.7 Å².